The highest BCUT2D eigenvalue weighted by Gasteiger charge is 2.48. The number of carbonyl (C=O) groups is 1. The largest absolute Gasteiger partial charge is 0.481 e. The van der Waals surface area contributed by atoms with Gasteiger partial charge in [-0.05, 0) is 112 Å². The minimum Gasteiger partial charge on any atom is -0.481 e. The molecule has 5 fully saturated rings. The second-order valence-electron chi connectivity index (χ2n) is 16.1. The Bertz CT molecular complexity index is 2100. The van der Waals surface area contributed by atoms with Crippen LogP contribution in [0.2, 0.25) is 0 Å². The maximum Gasteiger partial charge on any atom is 0.422 e. The van der Waals surface area contributed by atoms with E-state index in [0.29, 0.717) is 42.9 Å². The van der Waals surface area contributed by atoms with Gasteiger partial charge in [0.2, 0.25) is 0 Å². The van der Waals surface area contributed by atoms with Crippen LogP contribution in [0.15, 0.2) is 36.8 Å². The molecule has 0 unspecified atom stereocenters. The number of carbonyl (C=O) groups excluding carboxylic acids is 1. The van der Waals surface area contributed by atoms with Gasteiger partial charge in [-0.15, -0.1) is 0 Å². The summed E-state index contributed by atoms with van der Waals surface area (Å²) >= 11 is 0. The molecule has 0 atom stereocenters. The Morgan fingerprint density at radius 3 is 2.43 bits per heavy atom. The van der Waals surface area contributed by atoms with Gasteiger partial charge in [-0.3, -0.25) is 9.89 Å². The summed E-state index contributed by atoms with van der Waals surface area (Å²) in [5.74, 6) is -0.812. The molecule has 280 valence electrons. The van der Waals surface area contributed by atoms with Crippen LogP contribution in [0, 0.1) is 17.8 Å². The fourth-order valence-electron chi connectivity index (χ4n) is 9.33. The lowest BCUT2D eigenvalue weighted by atomic mass is 9.62. The monoisotopic (exact) mass is 733 g/mol. The molecule has 2 saturated carbocycles. The molecule has 9 rings (SSSR count). The number of aromatic amines is 1. The highest BCUT2D eigenvalue weighted by atomic mass is 19.4. The maximum atomic E-state index is 14.1. The summed E-state index contributed by atoms with van der Waals surface area (Å²) in [6.45, 7) is 7.69. The summed E-state index contributed by atoms with van der Waals surface area (Å²) in [6, 6.07) is 6.06. The van der Waals surface area contributed by atoms with Gasteiger partial charge in [-0.1, -0.05) is 12.6 Å². The molecule has 2 spiro atoms. The Balaban J connectivity index is 1.16. The molecule has 53 heavy (non-hydrogen) atoms. The van der Waals surface area contributed by atoms with Gasteiger partial charge < -0.3 is 24.6 Å². The van der Waals surface area contributed by atoms with Crippen molar-refractivity contribution in [1.29, 1.82) is 0 Å². The predicted molar refractivity (Wildman–Crippen MR) is 192 cm³/mol. The number of hydrogen-bond acceptors (Lipinski definition) is 8. The number of hydrogen-bond donors (Lipinski definition) is 2. The average Bonchev–Trinajstić information content (AvgIpc) is 3.84. The Labute approximate surface area is 304 Å². The first-order chi connectivity index (χ1) is 25.4. The molecule has 0 bridgehead atoms. The minimum atomic E-state index is -4.59. The van der Waals surface area contributed by atoms with Gasteiger partial charge >= 0.3 is 12.2 Å². The molecule has 10 nitrogen and oxygen atoms in total. The van der Waals surface area contributed by atoms with E-state index in [1.54, 1.807) is 6.20 Å². The number of anilines is 1. The number of rotatable bonds is 8. The molecular weight excluding hydrogens is 690 g/mol. The van der Waals surface area contributed by atoms with Crippen LogP contribution in [0.1, 0.15) is 68.4 Å². The van der Waals surface area contributed by atoms with Crippen LogP contribution in [0.3, 0.4) is 0 Å². The second-order valence-corrected chi connectivity index (χ2v) is 16.1. The van der Waals surface area contributed by atoms with Gasteiger partial charge in [0.1, 0.15) is 17.4 Å². The van der Waals surface area contributed by atoms with Crippen LogP contribution >= 0.6 is 0 Å². The van der Waals surface area contributed by atoms with Crippen molar-refractivity contribution in [1.82, 2.24) is 30.4 Å². The van der Waals surface area contributed by atoms with Crippen LogP contribution in [0.4, 0.5) is 23.4 Å². The number of halogens is 4. The number of aryl methyl sites for hydroxylation is 1. The van der Waals surface area contributed by atoms with Crippen molar-refractivity contribution in [2.24, 2.45) is 10.8 Å². The van der Waals surface area contributed by atoms with E-state index in [-0.39, 0.29) is 40.1 Å². The zero-order valence-electron chi connectivity index (χ0n) is 29.8. The Hall–Kier alpha value is -4.46. The molecule has 14 heteroatoms. The summed E-state index contributed by atoms with van der Waals surface area (Å²) in [7, 11) is 0. The van der Waals surface area contributed by atoms with E-state index in [1.165, 1.54) is 4.90 Å². The number of alkyl halides is 3. The van der Waals surface area contributed by atoms with Crippen molar-refractivity contribution >= 4 is 33.5 Å². The molecule has 5 heterocycles. The highest BCUT2D eigenvalue weighted by molar-refractivity contribution is 6.06. The SMILES string of the molecule is C=C(F)C(=O)N1CC2(CCN(c3nc(OC4CC5(CCNCC5)C4)nc4c(OCC(F)(F)F)c(-c5c(C)ccc6[nH]ncc56)c(C5CC5)cc34)CC2)C1. The second kappa shape index (κ2) is 12.6. The lowest BCUT2D eigenvalue weighted by molar-refractivity contribution is -0.153. The number of ether oxygens (including phenoxy) is 2. The summed E-state index contributed by atoms with van der Waals surface area (Å²) in [5.41, 5.74) is 4.32. The summed E-state index contributed by atoms with van der Waals surface area (Å²) < 4.78 is 68.2. The third-order valence-electron chi connectivity index (χ3n) is 12.4. The van der Waals surface area contributed by atoms with E-state index in [2.05, 4.69) is 33.1 Å². The van der Waals surface area contributed by atoms with Crippen LogP contribution < -0.4 is 19.7 Å². The van der Waals surface area contributed by atoms with E-state index in [4.69, 9.17) is 19.4 Å². The lowest BCUT2D eigenvalue weighted by Crippen LogP contribution is -2.62. The van der Waals surface area contributed by atoms with Gasteiger partial charge in [-0.2, -0.15) is 28.2 Å². The lowest BCUT2D eigenvalue weighted by Gasteiger charge is -2.54. The Morgan fingerprint density at radius 2 is 1.75 bits per heavy atom. The fourth-order valence-corrected chi connectivity index (χ4v) is 9.33. The van der Waals surface area contributed by atoms with Crippen molar-refractivity contribution in [3.05, 3.63) is 47.9 Å². The van der Waals surface area contributed by atoms with Crippen molar-refractivity contribution in [2.45, 2.75) is 76.5 Å². The van der Waals surface area contributed by atoms with Crippen molar-refractivity contribution in [3.63, 3.8) is 0 Å². The molecule has 3 saturated heterocycles. The molecule has 4 aromatic rings. The normalized spacial score (nSPS) is 21.2. The molecule has 0 radical (unpaired) electrons. The zero-order chi connectivity index (χ0) is 36.7. The van der Waals surface area contributed by atoms with Crippen LogP contribution in [-0.2, 0) is 4.79 Å². The molecule has 5 aliphatic rings. The zero-order valence-corrected chi connectivity index (χ0v) is 29.8. The fraction of sp³-hybridized carbons (Fsp3) is 0.538. The summed E-state index contributed by atoms with van der Waals surface area (Å²) in [5, 5.41) is 12.1. The number of fused-ring (bicyclic) bond motifs is 2. The third-order valence-corrected chi connectivity index (χ3v) is 12.4. The van der Waals surface area contributed by atoms with E-state index in [1.807, 2.05) is 19.1 Å². The number of piperidine rings is 2. The first-order valence-electron chi connectivity index (χ1n) is 18.7. The molecule has 2 aliphatic carbocycles. The van der Waals surface area contributed by atoms with Gasteiger partial charge in [0.15, 0.2) is 18.2 Å². The topological polar surface area (TPSA) is 109 Å². The first-order valence-corrected chi connectivity index (χ1v) is 18.7. The quantitative estimate of drug-likeness (QED) is 0.146. The van der Waals surface area contributed by atoms with Gasteiger partial charge in [0, 0.05) is 47.9 Å². The molecule has 2 aromatic carbocycles. The number of nitrogens with zero attached hydrogens (tertiary/aromatic N) is 5. The van der Waals surface area contributed by atoms with E-state index >= 15 is 0 Å². The van der Waals surface area contributed by atoms with Crippen LogP contribution in [0.25, 0.3) is 32.9 Å². The minimum absolute atomic E-state index is 0.0727. The molecule has 2 N–H and O–H groups in total. The number of nitrogens with one attached hydrogen (secondary N) is 2. The van der Waals surface area contributed by atoms with Gasteiger partial charge in [0.05, 0.1) is 11.7 Å². The number of H-pyrrole nitrogens is 1. The average molecular weight is 734 g/mol. The molecule has 2 aromatic heterocycles. The van der Waals surface area contributed by atoms with Crippen molar-refractivity contribution in [2.75, 3.05) is 50.8 Å². The van der Waals surface area contributed by atoms with Crippen molar-refractivity contribution < 1.29 is 31.8 Å². The standard InChI is InChI=1S/C39H43F4N7O3/c1-22-3-6-29-28(18-45-48-29)30(22)31-26(24-4-5-24)15-27-32(33(31)52-21-39(41,42)43)46-36(53-25-16-37(17-25)7-11-44-12-8-37)47-34(27)49-13-9-38(10-14-49)19-50(20-38)35(51)23(2)40/h3,6,15,18,24-25,44H,2,4-5,7-14,16-17,19-21H2,1H3,(H,45,48). The number of benzene rings is 2. The van der Waals surface area contributed by atoms with E-state index in [0.717, 1.165) is 92.0 Å². The summed E-state index contributed by atoms with van der Waals surface area (Å²) in [4.78, 5) is 25.8. The molecular formula is C39H43F4N7O3. The summed E-state index contributed by atoms with van der Waals surface area (Å²) in [6.07, 6.45) is 4.22. The molecule has 3 aliphatic heterocycles. The van der Waals surface area contributed by atoms with Crippen LogP contribution in [0.5, 0.6) is 11.8 Å². The van der Waals surface area contributed by atoms with Gasteiger partial charge in [-0.25, -0.2) is 4.39 Å². The molecule has 1 amide bonds. The van der Waals surface area contributed by atoms with E-state index < -0.39 is 24.5 Å². The van der Waals surface area contributed by atoms with Gasteiger partial charge in [0.25, 0.3) is 5.91 Å². The first kappa shape index (κ1) is 34.3. The maximum absolute atomic E-state index is 14.1. The number of amides is 1. The Morgan fingerprint density at radius 1 is 1.02 bits per heavy atom. The van der Waals surface area contributed by atoms with Crippen molar-refractivity contribution in [3.8, 4) is 22.9 Å². The predicted octanol–water partition coefficient (Wildman–Crippen LogP) is 7.12. The third kappa shape index (κ3) is 6.26. The highest BCUT2D eigenvalue weighted by Crippen LogP contribution is 2.54. The smallest absolute Gasteiger partial charge is 0.422 e. The number of likely N-dealkylation sites (tertiary alicyclic amines) is 1. The Kier molecular flexibility index (Phi) is 8.13. The van der Waals surface area contributed by atoms with Crippen LogP contribution in [-0.4, -0.2) is 89.1 Å². The van der Waals surface area contributed by atoms with E-state index in [9.17, 15) is 22.4 Å². The number of aromatic nitrogens is 4.